The Hall–Kier alpha value is -2.71. The molecule has 1 heterocycles. The number of nitrogens with zero attached hydrogens (tertiary/aromatic N) is 3. The Morgan fingerprint density at radius 3 is 2.45 bits per heavy atom. The van der Waals surface area contributed by atoms with E-state index in [1.165, 1.54) is 24.0 Å². The van der Waals surface area contributed by atoms with E-state index in [4.69, 9.17) is 0 Å². The van der Waals surface area contributed by atoms with Crippen molar-refractivity contribution in [2.75, 3.05) is 14.1 Å². The molecule has 1 atom stereocenters. The maximum Gasteiger partial charge on any atom is 0.242 e. The number of amides is 1. The number of carbonyl (C=O) groups is 1. The molecule has 0 fully saturated rings. The van der Waals surface area contributed by atoms with Crippen molar-refractivity contribution in [1.29, 1.82) is 0 Å². The predicted molar refractivity (Wildman–Crippen MR) is 122 cm³/mol. The van der Waals surface area contributed by atoms with Crippen molar-refractivity contribution in [2.24, 2.45) is 7.05 Å². The van der Waals surface area contributed by atoms with Crippen LogP contribution in [0.2, 0.25) is 0 Å². The van der Waals surface area contributed by atoms with E-state index in [9.17, 15) is 13.2 Å². The molecular weight excluding hydrogens is 412 g/mol. The maximum absolute atomic E-state index is 12.5. The number of benzene rings is 2. The van der Waals surface area contributed by atoms with Gasteiger partial charge in [-0.05, 0) is 42.7 Å². The molecule has 7 nitrogen and oxygen atoms in total. The third-order valence-electron chi connectivity index (χ3n) is 5.56. The fraction of sp³-hybridized carbons (Fsp3) is 0.391. The van der Waals surface area contributed by atoms with Gasteiger partial charge in [0.2, 0.25) is 15.9 Å². The van der Waals surface area contributed by atoms with Gasteiger partial charge in [-0.3, -0.25) is 4.79 Å². The van der Waals surface area contributed by atoms with E-state index < -0.39 is 10.0 Å². The molecule has 0 saturated carbocycles. The van der Waals surface area contributed by atoms with Crippen LogP contribution in [-0.2, 0) is 34.7 Å². The molecule has 8 heteroatoms. The van der Waals surface area contributed by atoms with Gasteiger partial charge in [0.25, 0.3) is 0 Å². The SMILES string of the molecule is CCc1ccc([C@H](C)NC(=O)CCc2nc3cc(S(=O)(=O)N(C)C)ccc3n2C)cc1. The number of sulfonamides is 1. The third-order valence-corrected chi connectivity index (χ3v) is 7.38. The second-order valence-corrected chi connectivity index (χ2v) is 10.1. The van der Waals surface area contributed by atoms with Crippen LogP contribution in [0.4, 0.5) is 0 Å². The summed E-state index contributed by atoms with van der Waals surface area (Å²) in [7, 11) is 1.36. The Morgan fingerprint density at radius 1 is 1.16 bits per heavy atom. The zero-order chi connectivity index (χ0) is 22.8. The van der Waals surface area contributed by atoms with Gasteiger partial charge in [0.05, 0.1) is 22.0 Å². The van der Waals surface area contributed by atoms with Crippen molar-refractivity contribution in [3.8, 4) is 0 Å². The quantitative estimate of drug-likeness (QED) is 0.581. The number of hydrogen-bond donors (Lipinski definition) is 1. The first-order chi connectivity index (χ1) is 14.6. The molecule has 1 amide bonds. The lowest BCUT2D eigenvalue weighted by atomic mass is 10.0. The van der Waals surface area contributed by atoms with E-state index in [2.05, 4.69) is 41.5 Å². The van der Waals surface area contributed by atoms with Gasteiger partial charge < -0.3 is 9.88 Å². The summed E-state index contributed by atoms with van der Waals surface area (Å²) < 4.78 is 27.8. The Morgan fingerprint density at radius 2 is 1.84 bits per heavy atom. The molecule has 0 aliphatic carbocycles. The lowest BCUT2D eigenvalue weighted by Gasteiger charge is -2.15. The van der Waals surface area contributed by atoms with Gasteiger partial charge in [-0.25, -0.2) is 17.7 Å². The average molecular weight is 443 g/mol. The van der Waals surface area contributed by atoms with Gasteiger partial charge >= 0.3 is 0 Å². The van der Waals surface area contributed by atoms with Crippen LogP contribution < -0.4 is 5.32 Å². The van der Waals surface area contributed by atoms with Crippen LogP contribution >= 0.6 is 0 Å². The summed E-state index contributed by atoms with van der Waals surface area (Å²) in [5.74, 6) is 0.694. The van der Waals surface area contributed by atoms with Crippen LogP contribution in [0.15, 0.2) is 47.4 Å². The fourth-order valence-corrected chi connectivity index (χ4v) is 4.41. The molecule has 2 aromatic carbocycles. The Labute approximate surface area is 184 Å². The molecule has 1 N–H and O–H groups in total. The Balaban J connectivity index is 1.68. The van der Waals surface area contributed by atoms with E-state index in [1.54, 1.807) is 18.2 Å². The van der Waals surface area contributed by atoms with Crippen LogP contribution in [0.1, 0.15) is 43.3 Å². The normalized spacial score (nSPS) is 13.0. The second kappa shape index (κ2) is 9.20. The largest absolute Gasteiger partial charge is 0.350 e. The smallest absolute Gasteiger partial charge is 0.242 e. The molecule has 3 aromatic rings. The first kappa shape index (κ1) is 23.0. The molecule has 0 radical (unpaired) electrons. The number of fused-ring (bicyclic) bond motifs is 1. The summed E-state index contributed by atoms with van der Waals surface area (Å²) in [5.41, 5.74) is 3.77. The van der Waals surface area contributed by atoms with E-state index >= 15 is 0 Å². The summed E-state index contributed by atoms with van der Waals surface area (Å²) in [6, 6.07) is 13.1. The van der Waals surface area contributed by atoms with Crippen LogP contribution in [-0.4, -0.2) is 42.3 Å². The molecule has 0 spiro atoms. The maximum atomic E-state index is 12.5. The van der Waals surface area contributed by atoms with Crippen LogP contribution in [0.3, 0.4) is 0 Å². The minimum absolute atomic E-state index is 0.0463. The number of nitrogens with one attached hydrogen (secondary N) is 1. The lowest BCUT2D eigenvalue weighted by Crippen LogP contribution is -2.27. The number of hydrogen-bond acceptors (Lipinski definition) is 4. The van der Waals surface area contributed by atoms with Gasteiger partial charge in [-0.15, -0.1) is 0 Å². The van der Waals surface area contributed by atoms with E-state index in [-0.39, 0.29) is 16.8 Å². The van der Waals surface area contributed by atoms with Crippen molar-refractivity contribution in [3.05, 3.63) is 59.4 Å². The fourth-order valence-electron chi connectivity index (χ4n) is 3.49. The topological polar surface area (TPSA) is 84.3 Å². The van der Waals surface area contributed by atoms with Crippen LogP contribution in [0, 0.1) is 0 Å². The van der Waals surface area contributed by atoms with Crippen molar-refractivity contribution in [1.82, 2.24) is 19.2 Å². The Kier molecular flexibility index (Phi) is 6.81. The molecule has 1 aromatic heterocycles. The zero-order valence-electron chi connectivity index (χ0n) is 18.7. The molecular formula is C23H30N4O3S. The minimum atomic E-state index is -3.52. The van der Waals surface area contributed by atoms with Gasteiger partial charge in [0.15, 0.2) is 0 Å². The average Bonchev–Trinajstić information content (AvgIpc) is 3.07. The molecule has 0 bridgehead atoms. The highest BCUT2D eigenvalue weighted by Gasteiger charge is 2.19. The second-order valence-electron chi connectivity index (χ2n) is 7.91. The molecule has 0 unspecified atom stereocenters. The summed E-state index contributed by atoms with van der Waals surface area (Å²) in [6.07, 6.45) is 1.76. The molecule has 166 valence electrons. The highest BCUT2D eigenvalue weighted by molar-refractivity contribution is 7.89. The molecule has 31 heavy (non-hydrogen) atoms. The van der Waals surface area contributed by atoms with Gasteiger partial charge in [0.1, 0.15) is 5.82 Å². The number of rotatable bonds is 8. The highest BCUT2D eigenvalue weighted by atomic mass is 32.2. The number of aryl methyl sites for hydroxylation is 3. The van der Waals surface area contributed by atoms with Crippen molar-refractivity contribution in [3.63, 3.8) is 0 Å². The van der Waals surface area contributed by atoms with Gasteiger partial charge in [0, 0.05) is 34.0 Å². The summed E-state index contributed by atoms with van der Waals surface area (Å²) in [6.45, 7) is 4.09. The highest BCUT2D eigenvalue weighted by Crippen LogP contribution is 2.22. The van der Waals surface area contributed by atoms with Crippen molar-refractivity contribution >= 4 is 27.0 Å². The first-order valence-corrected chi connectivity index (χ1v) is 11.8. The standard InChI is InChI=1S/C23H30N4O3S/c1-6-17-7-9-18(10-8-17)16(2)24-23(28)14-13-22-25-20-15-19(31(29,30)26(3)4)11-12-21(20)27(22)5/h7-12,15-16H,6,13-14H2,1-5H3,(H,24,28)/t16-/m0/s1. The minimum Gasteiger partial charge on any atom is -0.350 e. The predicted octanol–water partition coefficient (Wildman–Crippen LogP) is 3.20. The van der Waals surface area contributed by atoms with Crippen molar-refractivity contribution < 1.29 is 13.2 Å². The van der Waals surface area contributed by atoms with Crippen LogP contribution in [0.25, 0.3) is 11.0 Å². The molecule has 0 saturated heterocycles. The monoisotopic (exact) mass is 442 g/mol. The van der Waals surface area contributed by atoms with E-state index in [0.29, 0.717) is 18.4 Å². The molecule has 3 rings (SSSR count). The zero-order valence-corrected chi connectivity index (χ0v) is 19.5. The van der Waals surface area contributed by atoms with Gasteiger partial charge in [-0.2, -0.15) is 0 Å². The number of carbonyl (C=O) groups excluding carboxylic acids is 1. The number of aromatic nitrogens is 2. The molecule has 0 aliphatic heterocycles. The third kappa shape index (κ3) is 4.97. The van der Waals surface area contributed by atoms with Crippen molar-refractivity contribution in [2.45, 2.75) is 44.0 Å². The number of imidazole rings is 1. The summed E-state index contributed by atoms with van der Waals surface area (Å²) in [5, 5.41) is 3.04. The van der Waals surface area contributed by atoms with E-state index in [0.717, 1.165) is 23.3 Å². The van der Waals surface area contributed by atoms with E-state index in [1.807, 2.05) is 18.5 Å². The van der Waals surface area contributed by atoms with Gasteiger partial charge in [-0.1, -0.05) is 31.2 Å². The summed E-state index contributed by atoms with van der Waals surface area (Å²) >= 11 is 0. The summed E-state index contributed by atoms with van der Waals surface area (Å²) in [4.78, 5) is 17.3. The lowest BCUT2D eigenvalue weighted by molar-refractivity contribution is -0.121. The first-order valence-electron chi connectivity index (χ1n) is 10.4. The molecule has 0 aliphatic rings. The van der Waals surface area contributed by atoms with Crippen LogP contribution in [0.5, 0.6) is 0 Å². The Bertz CT molecular complexity index is 1180.